The molecule has 1 aromatic carbocycles. The fraction of sp³-hybridized carbons (Fsp3) is 0.381. The molecule has 0 spiro atoms. The quantitative estimate of drug-likeness (QED) is 0.808. The molecule has 2 aliphatic rings. The molecule has 1 N–H and O–H groups in total. The third-order valence-electron chi connectivity index (χ3n) is 5.37. The SMILES string of the molecule is O=CN1CCN(C(=O)c2ccnc(Nc3ccc(N4CCCC4)cc3)c2)CC1. The van der Waals surface area contributed by atoms with E-state index in [0.29, 0.717) is 37.6 Å². The highest BCUT2D eigenvalue weighted by molar-refractivity contribution is 5.95. The molecule has 2 saturated heterocycles. The second-order valence-corrected chi connectivity index (χ2v) is 7.23. The first-order chi connectivity index (χ1) is 13.7. The van der Waals surface area contributed by atoms with Crippen molar-refractivity contribution < 1.29 is 9.59 Å². The van der Waals surface area contributed by atoms with Crippen LogP contribution in [0.4, 0.5) is 17.2 Å². The van der Waals surface area contributed by atoms with Gasteiger partial charge in [-0.2, -0.15) is 0 Å². The van der Waals surface area contributed by atoms with E-state index in [0.717, 1.165) is 25.2 Å². The van der Waals surface area contributed by atoms with Crippen molar-refractivity contribution in [2.75, 3.05) is 49.5 Å². The Bertz CT molecular complexity index is 825. The van der Waals surface area contributed by atoms with E-state index in [1.165, 1.54) is 18.5 Å². The van der Waals surface area contributed by atoms with Crippen molar-refractivity contribution >= 4 is 29.5 Å². The first-order valence-corrected chi connectivity index (χ1v) is 9.80. The van der Waals surface area contributed by atoms with Crippen LogP contribution < -0.4 is 10.2 Å². The summed E-state index contributed by atoms with van der Waals surface area (Å²) in [6, 6.07) is 11.8. The molecule has 4 rings (SSSR count). The maximum atomic E-state index is 12.7. The van der Waals surface area contributed by atoms with Crippen molar-refractivity contribution in [3.8, 4) is 0 Å². The van der Waals surface area contributed by atoms with Crippen LogP contribution in [0.15, 0.2) is 42.6 Å². The summed E-state index contributed by atoms with van der Waals surface area (Å²) in [6.45, 7) is 4.52. The monoisotopic (exact) mass is 379 g/mol. The number of carbonyl (C=O) groups is 2. The van der Waals surface area contributed by atoms with E-state index in [-0.39, 0.29) is 5.91 Å². The van der Waals surface area contributed by atoms with Crippen molar-refractivity contribution in [2.45, 2.75) is 12.8 Å². The second-order valence-electron chi connectivity index (χ2n) is 7.23. The molecule has 7 nitrogen and oxygen atoms in total. The minimum absolute atomic E-state index is 0.0274. The average molecular weight is 379 g/mol. The van der Waals surface area contributed by atoms with Gasteiger partial charge in [-0.15, -0.1) is 0 Å². The van der Waals surface area contributed by atoms with Gasteiger partial charge >= 0.3 is 0 Å². The Kier molecular flexibility index (Phi) is 5.41. The number of hydrogen-bond acceptors (Lipinski definition) is 5. The number of anilines is 3. The molecule has 1 aromatic heterocycles. The molecular formula is C21H25N5O2. The Balaban J connectivity index is 1.41. The van der Waals surface area contributed by atoms with Crippen molar-refractivity contribution in [1.29, 1.82) is 0 Å². The lowest BCUT2D eigenvalue weighted by atomic mass is 10.2. The molecule has 0 saturated carbocycles. The molecule has 2 aromatic rings. The molecule has 0 radical (unpaired) electrons. The fourth-order valence-corrected chi connectivity index (χ4v) is 3.72. The van der Waals surface area contributed by atoms with Gasteiger partial charge in [-0.1, -0.05) is 0 Å². The van der Waals surface area contributed by atoms with Crippen molar-refractivity contribution in [1.82, 2.24) is 14.8 Å². The minimum atomic E-state index is -0.0274. The summed E-state index contributed by atoms with van der Waals surface area (Å²) in [5.41, 5.74) is 2.79. The van der Waals surface area contributed by atoms with E-state index in [9.17, 15) is 9.59 Å². The topological polar surface area (TPSA) is 68.8 Å². The molecule has 2 amide bonds. The van der Waals surface area contributed by atoms with Crippen LogP contribution in [0.5, 0.6) is 0 Å². The second kappa shape index (κ2) is 8.29. The highest BCUT2D eigenvalue weighted by Gasteiger charge is 2.21. The van der Waals surface area contributed by atoms with Crippen LogP contribution in [0.1, 0.15) is 23.2 Å². The van der Waals surface area contributed by atoms with Gasteiger partial charge in [-0.25, -0.2) is 4.98 Å². The predicted octanol–water partition coefficient (Wildman–Crippen LogP) is 2.34. The molecule has 0 bridgehead atoms. The van der Waals surface area contributed by atoms with Crippen LogP contribution in [0, 0.1) is 0 Å². The third kappa shape index (κ3) is 4.08. The van der Waals surface area contributed by atoms with Gasteiger partial charge < -0.3 is 20.0 Å². The van der Waals surface area contributed by atoms with Gasteiger partial charge in [0.25, 0.3) is 5.91 Å². The van der Waals surface area contributed by atoms with E-state index < -0.39 is 0 Å². The first-order valence-electron chi connectivity index (χ1n) is 9.80. The Morgan fingerprint density at radius 3 is 2.36 bits per heavy atom. The van der Waals surface area contributed by atoms with E-state index in [4.69, 9.17) is 0 Å². The summed E-state index contributed by atoms with van der Waals surface area (Å²) in [5.74, 6) is 0.617. The molecule has 146 valence electrons. The lowest BCUT2D eigenvalue weighted by molar-refractivity contribution is -0.119. The van der Waals surface area contributed by atoms with Gasteiger partial charge in [-0.3, -0.25) is 9.59 Å². The van der Waals surface area contributed by atoms with Gasteiger partial charge in [0.1, 0.15) is 5.82 Å². The number of piperazine rings is 1. The molecule has 0 aliphatic carbocycles. The largest absolute Gasteiger partial charge is 0.372 e. The number of nitrogens with one attached hydrogen (secondary N) is 1. The van der Waals surface area contributed by atoms with Gasteiger partial charge in [-0.05, 0) is 49.2 Å². The van der Waals surface area contributed by atoms with Gasteiger partial charge in [0, 0.05) is 62.4 Å². The minimum Gasteiger partial charge on any atom is -0.372 e. The Hall–Kier alpha value is -3.09. The average Bonchev–Trinajstić information content (AvgIpc) is 3.29. The zero-order chi connectivity index (χ0) is 19.3. The van der Waals surface area contributed by atoms with E-state index in [2.05, 4.69) is 27.3 Å². The maximum absolute atomic E-state index is 12.7. The highest BCUT2D eigenvalue weighted by atomic mass is 16.2. The Morgan fingerprint density at radius 1 is 0.964 bits per heavy atom. The normalized spacial score (nSPS) is 16.9. The molecule has 28 heavy (non-hydrogen) atoms. The molecule has 0 unspecified atom stereocenters. The lowest BCUT2D eigenvalue weighted by Gasteiger charge is -2.32. The first kappa shape index (κ1) is 18.3. The smallest absolute Gasteiger partial charge is 0.254 e. The molecule has 2 aliphatic heterocycles. The zero-order valence-electron chi connectivity index (χ0n) is 15.9. The van der Waals surface area contributed by atoms with Gasteiger partial charge in [0.15, 0.2) is 0 Å². The number of nitrogens with zero attached hydrogens (tertiary/aromatic N) is 4. The number of aromatic nitrogens is 1. The summed E-state index contributed by atoms with van der Waals surface area (Å²) < 4.78 is 0. The van der Waals surface area contributed by atoms with Crippen LogP contribution in [-0.2, 0) is 4.79 Å². The summed E-state index contributed by atoms with van der Waals surface area (Å²) in [7, 11) is 0. The van der Waals surface area contributed by atoms with E-state index in [1.54, 1.807) is 28.1 Å². The molecule has 7 heteroatoms. The van der Waals surface area contributed by atoms with E-state index >= 15 is 0 Å². The summed E-state index contributed by atoms with van der Waals surface area (Å²) in [5, 5.41) is 3.28. The molecule has 3 heterocycles. The lowest BCUT2D eigenvalue weighted by Crippen LogP contribution is -2.48. The summed E-state index contributed by atoms with van der Waals surface area (Å²) >= 11 is 0. The van der Waals surface area contributed by atoms with Gasteiger partial charge in [0.05, 0.1) is 0 Å². The summed E-state index contributed by atoms with van der Waals surface area (Å²) in [4.78, 5) is 33.8. The highest BCUT2D eigenvalue weighted by Crippen LogP contribution is 2.23. The van der Waals surface area contributed by atoms with Crippen molar-refractivity contribution in [3.05, 3.63) is 48.2 Å². The number of amides is 2. The number of carbonyl (C=O) groups excluding carboxylic acids is 2. The Labute approximate surface area is 164 Å². The number of pyridine rings is 1. The number of rotatable bonds is 5. The van der Waals surface area contributed by atoms with Crippen molar-refractivity contribution in [2.24, 2.45) is 0 Å². The fourth-order valence-electron chi connectivity index (χ4n) is 3.72. The zero-order valence-corrected chi connectivity index (χ0v) is 15.9. The van der Waals surface area contributed by atoms with Crippen LogP contribution in [0.2, 0.25) is 0 Å². The van der Waals surface area contributed by atoms with Crippen LogP contribution in [-0.4, -0.2) is 66.4 Å². The van der Waals surface area contributed by atoms with Crippen LogP contribution in [0.3, 0.4) is 0 Å². The number of benzene rings is 1. The number of hydrogen-bond donors (Lipinski definition) is 1. The van der Waals surface area contributed by atoms with Crippen LogP contribution in [0.25, 0.3) is 0 Å². The molecular weight excluding hydrogens is 354 g/mol. The molecule has 2 fully saturated rings. The van der Waals surface area contributed by atoms with Crippen molar-refractivity contribution in [3.63, 3.8) is 0 Å². The third-order valence-corrected chi connectivity index (χ3v) is 5.37. The van der Waals surface area contributed by atoms with Crippen LogP contribution >= 0.6 is 0 Å². The Morgan fingerprint density at radius 2 is 1.68 bits per heavy atom. The predicted molar refractivity (Wildman–Crippen MR) is 109 cm³/mol. The standard InChI is InChI=1S/C21H25N5O2/c27-16-24-11-13-26(14-12-24)21(28)17-7-8-22-20(15-17)23-18-3-5-19(6-4-18)25-9-1-2-10-25/h3-8,15-16H,1-2,9-14H2,(H,22,23). The van der Waals surface area contributed by atoms with E-state index in [1.807, 2.05) is 12.1 Å². The summed E-state index contributed by atoms with van der Waals surface area (Å²) in [6.07, 6.45) is 5.00. The molecule has 0 atom stereocenters. The maximum Gasteiger partial charge on any atom is 0.254 e. The van der Waals surface area contributed by atoms with Gasteiger partial charge in [0.2, 0.25) is 6.41 Å².